The molecule has 1 fully saturated rings. The molecule has 0 saturated carbocycles. The van der Waals surface area contributed by atoms with Crippen LogP contribution in [0.1, 0.15) is 60.6 Å². The number of aromatic nitrogens is 2. The molecule has 0 spiro atoms. The van der Waals surface area contributed by atoms with Gasteiger partial charge in [-0.2, -0.15) is 9.37 Å². The summed E-state index contributed by atoms with van der Waals surface area (Å²) in [6, 6.07) is 1.48. The highest BCUT2D eigenvalue weighted by atomic mass is 35.5. The van der Waals surface area contributed by atoms with Crippen molar-refractivity contribution in [3.63, 3.8) is 0 Å². The lowest BCUT2D eigenvalue weighted by Crippen LogP contribution is -2.27. The molecule has 0 radical (unpaired) electrons. The Balaban J connectivity index is 0. The number of hydrogen-bond acceptors (Lipinski definition) is 7. The topological polar surface area (TPSA) is 106 Å². The van der Waals surface area contributed by atoms with Crippen LogP contribution in [0.2, 0.25) is 0 Å². The Kier molecular flexibility index (Phi) is 18.0. The second-order valence-corrected chi connectivity index (χ2v) is 7.01. The van der Waals surface area contributed by atoms with E-state index in [4.69, 9.17) is 19.5 Å². The molecule has 2 N–H and O–H groups in total. The van der Waals surface area contributed by atoms with Crippen LogP contribution in [0.25, 0.3) is 0 Å². The summed E-state index contributed by atoms with van der Waals surface area (Å²) in [5.41, 5.74) is 3.91. The molecule has 0 amide bonds. The molecule has 1 aliphatic heterocycles. The van der Waals surface area contributed by atoms with E-state index in [1.807, 2.05) is 27.7 Å². The summed E-state index contributed by atoms with van der Waals surface area (Å²) in [4.78, 5) is 15.4. The van der Waals surface area contributed by atoms with Gasteiger partial charge in [-0.15, -0.1) is 11.6 Å². The Hall–Kier alpha value is -1.25. The SMILES string of the molecule is CC.CC.CCOP(=O)(OCC)/C(F)=C\C1CCC(n2ccc(N)nc2=O)O1.CCl. The van der Waals surface area contributed by atoms with E-state index < -0.39 is 31.2 Å². The lowest BCUT2D eigenvalue weighted by molar-refractivity contribution is 0.0197. The van der Waals surface area contributed by atoms with Gasteiger partial charge in [0.25, 0.3) is 0 Å². The van der Waals surface area contributed by atoms with Gasteiger partial charge in [-0.3, -0.25) is 9.13 Å². The molecule has 176 valence electrons. The number of halogens is 2. The van der Waals surface area contributed by atoms with Gasteiger partial charge in [-0.25, -0.2) is 4.79 Å². The number of alkyl halides is 1. The highest BCUT2D eigenvalue weighted by molar-refractivity contribution is 7.58. The van der Waals surface area contributed by atoms with Gasteiger partial charge in [0.05, 0.1) is 19.3 Å². The highest BCUT2D eigenvalue weighted by Gasteiger charge is 2.33. The predicted octanol–water partition coefficient (Wildman–Crippen LogP) is 5.49. The minimum absolute atomic E-state index is 0.0547. The zero-order valence-corrected chi connectivity index (χ0v) is 20.6. The summed E-state index contributed by atoms with van der Waals surface area (Å²) < 4.78 is 43.4. The van der Waals surface area contributed by atoms with Crippen molar-refractivity contribution in [3.05, 3.63) is 34.4 Å². The van der Waals surface area contributed by atoms with Gasteiger partial charge in [0.2, 0.25) is 5.57 Å². The third-order valence-corrected chi connectivity index (χ3v) is 5.24. The van der Waals surface area contributed by atoms with Crippen molar-refractivity contribution in [1.29, 1.82) is 0 Å². The van der Waals surface area contributed by atoms with E-state index in [-0.39, 0.29) is 19.0 Å². The zero-order valence-electron chi connectivity index (χ0n) is 18.9. The molecule has 1 aliphatic rings. The fourth-order valence-corrected chi connectivity index (χ4v) is 3.71. The van der Waals surface area contributed by atoms with E-state index in [0.29, 0.717) is 12.8 Å². The van der Waals surface area contributed by atoms with E-state index in [1.54, 1.807) is 13.8 Å². The quantitative estimate of drug-likeness (QED) is 0.414. The molecule has 1 saturated heterocycles. The van der Waals surface area contributed by atoms with Crippen LogP contribution in [0.4, 0.5) is 10.2 Å². The van der Waals surface area contributed by atoms with Gasteiger partial charge in [0.15, 0.2) is 0 Å². The molecule has 2 atom stereocenters. The van der Waals surface area contributed by atoms with Crippen molar-refractivity contribution in [2.75, 3.05) is 25.3 Å². The number of nitrogens with zero attached hydrogens (tertiary/aromatic N) is 2. The Labute approximate surface area is 184 Å². The predicted molar refractivity (Wildman–Crippen MR) is 121 cm³/mol. The smallest absolute Gasteiger partial charge is 0.383 e. The molecule has 30 heavy (non-hydrogen) atoms. The van der Waals surface area contributed by atoms with Crippen LogP contribution >= 0.6 is 19.2 Å². The van der Waals surface area contributed by atoms with Crippen molar-refractivity contribution >= 4 is 25.0 Å². The Morgan fingerprint density at radius 2 is 1.83 bits per heavy atom. The number of nitrogens with two attached hydrogens (primary N) is 1. The van der Waals surface area contributed by atoms with Crippen LogP contribution in [0, 0.1) is 0 Å². The first-order chi connectivity index (χ1) is 14.4. The van der Waals surface area contributed by atoms with Crippen molar-refractivity contribution < 1.29 is 22.7 Å². The van der Waals surface area contributed by atoms with Gasteiger partial charge >= 0.3 is 13.3 Å². The summed E-state index contributed by atoms with van der Waals surface area (Å²) in [6.07, 6.45) is 3.73. The monoisotopic (exact) mass is 471 g/mol. The lowest BCUT2D eigenvalue weighted by atomic mass is 10.2. The summed E-state index contributed by atoms with van der Waals surface area (Å²) in [6.45, 7) is 11.3. The molecule has 2 unspecified atom stereocenters. The molecular weight excluding hydrogens is 436 g/mol. The van der Waals surface area contributed by atoms with E-state index in [9.17, 15) is 13.8 Å². The van der Waals surface area contributed by atoms with Crippen molar-refractivity contribution in [2.24, 2.45) is 0 Å². The normalized spacial score (nSPS) is 18.2. The van der Waals surface area contributed by atoms with Crippen LogP contribution < -0.4 is 11.4 Å². The Morgan fingerprint density at radius 3 is 2.30 bits per heavy atom. The fraction of sp³-hybridized carbons (Fsp3) is 0.684. The number of ether oxygens (including phenoxy) is 1. The van der Waals surface area contributed by atoms with Crippen molar-refractivity contribution in [2.45, 2.75) is 66.7 Å². The summed E-state index contributed by atoms with van der Waals surface area (Å²) in [7, 11) is -3.95. The molecule has 1 aromatic heterocycles. The standard InChI is InChI=1S/C14H21FN3O5P.2C2H6.CH3Cl/c1-3-21-24(20,22-4-2)11(15)9-10-5-6-13(23-10)18-8-7-12(16)17-14(18)19;3*1-2/h7-10,13H,3-6H2,1-2H3,(H2,16,17,19);2*1-2H3;1H3/b11-9-;;;. The van der Waals surface area contributed by atoms with Crippen LogP contribution in [-0.4, -0.2) is 35.3 Å². The number of hydrogen-bond donors (Lipinski definition) is 1. The Bertz CT molecular complexity index is 708. The van der Waals surface area contributed by atoms with Gasteiger partial charge in [-0.1, -0.05) is 27.7 Å². The third kappa shape index (κ3) is 9.71. The molecule has 0 aliphatic carbocycles. The van der Waals surface area contributed by atoms with Crippen LogP contribution in [0.5, 0.6) is 0 Å². The number of rotatable bonds is 7. The van der Waals surface area contributed by atoms with Gasteiger partial charge in [0, 0.05) is 12.6 Å². The molecule has 8 nitrogen and oxygen atoms in total. The van der Waals surface area contributed by atoms with Crippen LogP contribution in [0.3, 0.4) is 0 Å². The Morgan fingerprint density at radius 1 is 1.30 bits per heavy atom. The number of anilines is 1. The minimum Gasteiger partial charge on any atom is -0.383 e. The molecule has 2 heterocycles. The highest BCUT2D eigenvalue weighted by Crippen LogP contribution is 2.57. The second-order valence-electron chi connectivity index (χ2n) is 5.07. The first-order valence-electron chi connectivity index (χ1n) is 10.0. The molecular formula is C19H36ClFN3O5P. The van der Waals surface area contributed by atoms with Crippen LogP contribution in [0.15, 0.2) is 28.7 Å². The average Bonchev–Trinajstić information content (AvgIpc) is 3.21. The van der Waals surface area contributed by atoms with Gasteiger partial charge in [-0.05, 0) is 38.8 Å². The molecule has 2 rings (SSSR count). The minimum atomic E-state index is -3.95. The maximum Gasteiger partial charge on any atom is 0.389 e. The summed E-state index contributed by atoms with van der Waals surface area (Å²) >= 11 is 4.64. The van der Waals surface area contributed by atoms with E-state index >= 15 is 0 Å². The van der Waals surface area contributed by atoms with E-state index in [1.165, 1.54) is 23.2 Å². The van der Waals surface area contributed by atoms with Crippen molar-refractivity contribution in [1.82, 2.24) is 9.55 Å². The second kappa shape index (κ2) is 17.4. The average molecular weight is 472 g/mol. The maximum atomic E-state index is 14.3. The summed E-state index contributed by atoms with van der Waals surface area (Å²) in [5, 5.41) is 0. The summed E-state index contributed by atoms with van der Waals surface area (Å²) in [5.74, 6) is 0.117. The van der Waals surface area contributed by atoms with Gasteiger partial charge in [0.1, 0.15) is 12.0 Å². The molecule has 0 bridgehead atoms. The third-order valence-electron chi connectivity index (χ3n) is 3.37. The zero-order chi connectivity index (χ0) is 23.7. The molecule has 1 aromatic rings. The lowest BCUT2D eigenvalue weighted by Gasteiger charge is -2.17. The maximum absolute atomic E-state index is 14.3. The van der Waals surface area contributed by atoms with E-state index in [2.05, 4.69) is 16.6 Å². The molecule has 11 heteroatoms. The van der Waals surface area contributed by atoms with Crippen molar-refractivity contribution in [3.8, 4) is 0 Å². The fourth-order valence-electron chi connectivity index (χ4n) is 2.36. The largest absolute Gasteiger partial charge is 0.389 e. The number of nitrogen functional groups attached to an aromatic ring is 1. The first-order valence-corrected chi connectivity index (χ1v) is 12.3. The first kappa shape index (κ1) is 30.9. The van der Waals surface area contributed by atoms with Gasteiger partial charge < -0.3 is 19.5 Å². The van der Waals surface area contributed by atoms with Crippen LogP contribution in [-0.2, 0) is 18.3 Å². The molecule has 0 aromatic carbocycles. The van der Waals surface area contributed by atoms with E-state index in [0.717, 1.165) is 6.08 Å².